The fraction of sp³-hybridized carbons (Fsp3) is 0.350. The number of benzene rings is 1. The Kier molecular flexibility index (Phi) is 5.37. The molecular weight excluding hydrogens is 398 g/mol. The lowest BCUT2D eigenvalue weighted by Gasteiger charge is -2.18. The SMILES string of the molecule is C=CCN(C(=O)CCn1c(=O)oc2cc(Cl)ccc21)c1nc2c(s1)CCCC2. The van der Waals surface area contributed by atoms with E-state index in [1.807, 2.05) is 0 Å². The molecule has 1 aromatic carbocycles. The molecule has 0 atom stereocenters. The average Bonchev–Trinajstić information content (AvgIpc) is 3.23. The van der Waals surface area contributed by atoms with Gasteiger partial charge in [-0.3, -0.25) is 14.3 Å². The van der Waals surface area contributed by atoms with Gasteiger partial charge in [-0.1, -0.05) is 17.7 Å². The van der Waals surface area contributed by atoms with Crippen LogP contribution in [0.2, 0.25) is 5.02 Å². The molecule has 0 saturated carbocycles. The lowest BCUT2D eigenvalue weighted by molar-refractivity contribution is -0.118. The maximum Gasteiger partial charge on any atom is 0.419 e. The zero-order valence-electron chi connectivity index (χ0n) is 15.3. The van der Waals surface area contributed by atoms with Gasteiger partial charge in [0.15, 0.2) is 10.7 Å². The summed E-state index contributed by atoms with van der Waals surface area (Å²) in [4.78, 5) is 32.7. The number of hydrogen-bond donors (Lipinski definition) is 0. The molecule has 2 aromatic heterocycles. The minimum Gasteiger partial charge on any atom is -0.408 e. The molecule has 0 bridgehead atoms. The Morgan fingerprint density at radius 3 is 3.00 bits per heavy atom. The molecule has 0 N–H and O–H groups in total. The van der Waals surface area contributed by atoms with Crippen molar-refractivity contribution in [1.29, 1.82) is 0 Å². The molecule has 0 fully saturated rings. The Bertz CT molecular complexity index is 1070. The number of oxazole rings is 1. The van der Waals surface area contributed by atoms with Gasteiger partial charge in [0.25, 0.3) is 0 Å². The number of thiazole rings is 1. The van der Waals surface area contributed by atoms with Gasteiger partial charge in [-0.15, -0.1) is 17.9 Å². The van der Waals surface area contributed by atoms with Crippen molar-refractivity contribution < 1.29 is 9.21 Å². The highest BCUT2D eigenvalue weighted by Gasteiger charge is 2.23. The van der Waals surface area contributed by atoms with Gasteiger partial charge in [0.2, 0.25) is 5.91 Å². The van der Waals surface area contributed by atoms with Gasteiger partial charge in [0.05, 0.1) is 11.2 Å². The highest BCUT2D eigenvalue weighted by atomic mass is 35.5. The molecule has 3 aromatic rings. The van der Waals surface area contributed by atoms with E-state index in [0.717, 1.165) is 25.0 Å². The standard InChI is InChI=1S/C20H20ClN3O3S/c1-2-10-24(19-22-14-5-3-4-6-17(14)28-19)18(25)9-11-23-15-8-7-13(21)12-16(15)27-20(23)26/h2,7-8,12H,1,3-6,9-11H2. The summed E-state index contributed by atoms with van der Waals surface area (Å²) < 4.78 is 6.69. The van der Waals surface area contributed by atoms with E-state index >= 15 is 0 Å². The summed E-state index contributed by atoms with van der Waals surface area (Å²) in [5, 5.41) is 1.21. The minimum absolute atomic E-state index is 0.0961. The van der Waals surface area contributed by atoms with Gasteiger partial charge >= 0.3 is 5.76 Å². The van der Waals surface area contributed by atoms with Crippen molar-refractivity contribution >= 4 is 45.1 Å². The van der Waals surface area contributed by atoms with Crippen LogP contribution >= 0.6 is 22.9 Å². The summed E-state index contributed by atoms with van der Waals surface area (Å²) in [6, 6.07) is 5.02. The smallest absolute Gasteiger partial charge is 0.408 e. The molecule has 6 nitrogen and oxygen atoms in total. The molecule has 146 valence electrons. The van der Waals surface area contributed by atoms with E-state index in [9.17, 15) is 9.59 Å². The van der Waals surface area contributed by atoms with Crippen LogP contribution in [0.25, 0.3) is 11.1 Å². The molecule has 0 radical (unpaired) electrons. The zero-order valence-corrected chi connectivity index (χ0v) is 16.9. The van der Waals surface area contributed by atoms with Crippen LogP contribution in [0.5, 0.6) is 0 Å². The van der Waals surface area contributed by atoms with Gasteiger partial charge < -0.3 is 4.42 Å². The highest BCUT2D eigenvalue weighted by Crippen LogP contribution is 2.32. The summed E-state index contributed by atoms with van der Waals surface area (Å²) in [6.45, 7) is 4.38. The van der Waals surface area contributed by atoms with Gasteiger partial charge in [0.1, 0.15) is 0 Å². The maximum atomic E-state index is 12.9. The largest absolute Gasteiger partial charge is 0.419 e. The Hall–Kier alpha value is -2.38. The first kappa shape index (κ1) is 19.0. The fourth-order valence-electron chi connectivity index (χ4n) is 3.46. The van der Waals surface area contributed by atoms with Gasteiger partial charge in [-0.2, -0.15) is 0 Å². The first-order valence-electron chi connectivity index (χ1n) is 9.25. The molecule has 4 rings (SSSR count). The van der Waals surface area contributed by atoms with Gasteiger partial charge in [-0.05, 0) is 37.8 Å². The second-order valence-electron chi connectivity index (χ2n) is 6.75. The number of hydrogen-bond acceptors (Lipinski definition) is 5. The van der Waals surface area contributed by atoms with Crippen LogP contribution in [0, 0.1) is 0 Å². The third kappa shape index (κ3) is 3.64. The zero-order chi connectivity index (χ0) is 19.7. The lowest BCUT2D eigenvalue weighted by Crippen LogP contribution is -2.32. The van der Waals surface area contributed by atoms with E-state index in [-0.39, 0.29) is 18.9 Å². The van der Waals surface area contributed by atoms with E-state index in [1.165, 1.54) is 15.9 Å². The van der Waals surface area contributed by atoms with E-state index in [1.54, 1.807) is 40.5 Å². The lowest BCUT2D eigenvalue weighted by atomic mass is 10.0. The molecule has 8 heteroatoms. The van der Waals surface area contributed by atoms with Crippen molar-refractivity contribution in [2.24, 2.45) is 0 Å². The van der Waals surface area contributed by atoms with E-state index in [2.05, 4.69) is 11.6 Å². The predicted octanol–water partition coefficient (Wildman–Crippen LogP) is 4.19. The van der Waals surface area contributed by atoms with Crippen LogP contribution in [0.1, 0.15) is 29.8 Å². The number of carbonyl (C=O) groups is 1. The Morgan fingerprint density at radius 2 is 2.21 bits per heavy atom. The van der Waals surface area contributed by atoms with E-state index in [4.69, 9.17) is 16.0 Å². The maximum absolute atomic E-state index is 12.9. The number of fused-ring (bicyclic) bond motifs is 2. The molecule has 28 heavy (non-hydrogen) atoms. The first-order valence-corrected chi connectivity index (χ1v) is 10.4. The number of amides is 1. The second-order valence-corrected chi connectivity index (χ2v) is 8.25. The Labute approximate surface area is 171 Å². The number of halogens is 1. The molecule has 2 heterocycles. The van der Waals surface area contributed by atoms with Crippen LogP contribution in [-0.4, -0.2) is 22.0 Å². The molecule has 1 aliphatic rings. The summed E-state index contributed by atoms with van der Waals surface area (Å²) in [5.41, 5.74) is 2.16. The number of aromatic nitrogens is 2. The molecule has 1 amide bonds. The molecule has 0 unspecified atom stereocenters. The third-order valence-corrected chi connectivity index (χ3v) is 6.27. The summed E-state index contributed by atoms with van der Waals surface area (Å²) in [5.74, 6) is -0.591. The van der Waals surface area contributed by atoms with Crippen molar-refractivity contribution in [3.8, 4) is 0 Å². The molecule has 1 aliphatic carbocycles. The number of anilines is 1. The Morgan fingerprint density at radius 1 is 1.39 bits per heavy atom. The summed E-state index contributed by atoms with van der Waals surface area (Å²) in [6.07, 6.45) is 6.18. The summed E-state index contributed by atoms with van der Waals surface area (Å²) in [7, 11) is 0. The highest BCUT2D eigenvalue weighted by molar-refractivity contribution is 7.16. The van der Waals surface area contributed by atoms with Crippen LogP contribution in [0.3, 0.4) is 0 Å². The van der Waals surface area contributed by atoms with Crippen LogP contribution < -0.4 is 10.7 Å². The van der Waals surface area contributed by atoms with E-state index < -0.39 is 5.76 Å². The normalized spacial score (nSPS) is 13.5. The number of aryl methyl sites for hydroxylation is 3. The quantitative estimate of drug-likeness (QED) is 0.564. The number of rotatable bonds is 6. The van der Waals surface area contributed by atoms with Crippen LogP contribution in [0.4, 0.5) is 5.13 Å². The third-order valence-electron chi connectivity index (χ3n) is 4.86. The average molecular weight is 418 g/mol. The van der Waals surface area contributed by atoms with Crippen molar-refractivity contribution in [2.45, 2.75) is 38.6 Å². The van der Waals surface area contributed by atoms with Gasteiger partial charge in [-0.25, -0.2) is 9.78 Å². The topological polar surface area (TPSA) is 68.3 Å². The van der Waals surface area contributed by atoms with Crippen molar-refractivity contribution in [2.75, 3.05) is 11.4 Å². The van der Waals surface area contributed by atoms with Crippen molar-refractivity contribution in [1.82, 2.24) is 9.55 Å². The minimum atomic E-state index is -0.495. The fourth-order valence-corrected chi connectivity index (χ4v) is 4.80. The van der Waals surface area contributed by atoms with Crippen LogP contribution in [0.15, 0.2) is 40.1 Å². The Balaban J connectivity index is 1.54. The molecular formula is C20H20ClN3O3S. The molecule has 0 aliphatic heterocycles. The van der Waals surface area contributed by atoms with Crippen LogP contribution in [-0.2, 0) is 24.2 Å². The number of nitrogens with zero attached hydrogens (tertiary/aromatic N) is 3. The molecule has 0 spiro atoms. The first-order chi connectivity index (χ1) is 13.6. The monoisotopic (exact) mass is 417 g/mol. The second kappa shape index (κ2) is 7.93. The van der Waals surface area contributed by atoms with Crippen molar-refractivity contribution in [3.63, 3.8) is 0 Å². The number of carbonyl (C=O) groups excluding carboxylic acids is 1. The van der Waals surface area contributed by atoms with Gasteiger partial charge in [0, 0.05) is 35.5 Å². The summed E-state index contributed by atoms with van der Waals surface area (Å²) >= 11 is 7.53. The van der Waals surface area contributed by atoms with E-state index in [0.29, 0.717) is 27.8 Å². The predicted molar refractivity (Wildman–Crippen MR) is 111 cm³/mol. The molecule has 0 saturated heterocycles. The van der Waals surface area contributed by atoms with Crippen molar-refractivity contribution in [3.05, 3.63) is 57.0 Å².